The Kier molecular flexibility index (Phi) is 4.30. The van der Waals surface area contributed by atoms with Gasteiger partial charge in [-0.15, -0.1) is 0 Å². The van der Waals surface area contributed by atoms with E-state index in [-0.39, 0.29) is 11.6 Å². The first-order valence-electron chi connectivity index (χ1n) is 7.64. The molecule has 0 aliphatic rings. The number of aryl methyl sites for hydroxylation is 2. The molecule has 7 heteroatoms. The lowest BCUT2D eigenvalue weighted by Gasteiger charge is -2.12. The molecule has 0 unspecified atom stereocenters. The number of non-ortho nitro benzene ring substituents is 1. The van der Waals surface area contributed by atoms with E-state index in [2.05, 4.69) is 10.4 Å². The molecule has 3 rings (SSSR count). The molecule has 0 saturated heterocycles. The molecule has 2 aromatic carbocycles. The van der Waals surface area contributed by atoms with Crippen LogP contribution < -0.4 is 5.32 Å². The molecule has 126 valence electrons. The third-order valence-corrected chi connectivity index (χ3v) is 3.73. The number of rotatable bonds is 4. The maximum Gasteiger partial charge on any atom is 0.269 e. The van der Waals surface area contributed by atoms with Crippen LogP contribution >= 0.6 is 0 Å². The third kappa shape index (κ3) is 3.40. The summed E-state index contributed by atoms with van der Waals surface area (Å²) in [6, 6.07) is 14.8. The van der Waals surface area contributed by atoms with Crippen LogP contribution in [0.25, 0.3) is 5.69 Å². The summed E-state index contributed by atoms with van der Waals surface area (Å²) in [7, 11) is 0. The van der Waals surface area contributed by atoms with Crippen molar-refractivity contribution in [1.82, 2.24) is 9.78 Å². The summed E-state index contributed by atoms with van der Waals surface area (Å²) in [6.07, 6.45) is 0. The van der Waals surface area contributed by atoms with E-state index in [4.69, 9.17) is 0 Å². The fourth-order valence-corrected chi connectivity index (χ4v) is 2.57. The Hall–Kier alpha value is -3.48. The topological polar surface area (TPSA) is 90.1 Å². The number of nitrogens with zero attached hydrogens (tertiary/aromatic N) is 3. The number of hydrogen-bond acceptors (Lipinski definition) is 4. The highest BCUT2D eigenvalue weighted by Gasteiger charge is 2.13. The van der Waals surface area contributed by atoms with Gasteiger partial charge in [0, 0.05) is 23.4 Å². The Morgan fingerprint density at radius 1 is 1.12 bits per heavy atom. The molecule has 1 N–H and O–H groups in total. The van der Waals surface area contributed by atoms with Crippen LogP contribution in [0.5, 0.6) is 0 Å². The molecule has 0 bridgehead atoms. The Morgan fingerprint density at radius 3 is 2.40 bits per heavy atom. The van der Waals surface area contributed by atoms with Crippen molar-refractivity contribution in [1.29, 1.82) is 0 Å². The number of anilines is 1. The van der Waals surface area contributed by atoms with Crippen LogP contribution in [-0.4, -0.2) is 20.6 Å². The van der Waals surface area contributed by atoms with Crippen LogP contribution in [0.4, 0.5) is 11.4 Å². The van der Waals surface area contributed by atoms with Crippen molar-refractivity contribution < 1.29 is 9.72 Å². The average molecular weight is 336 g/mol. The predicted molar refractivity (Wildman–Crippen MR) is 94.1 cm³/mol. The third-order valence-electron chi connectivity index (χ3n) is 3.73. The Bertz CT molecular complexity index is 945. The van der Waals surface area contributed by atoms with Gasteiger partial charge in [-0.25, -0.2) is 4.68 Å². The number of nitro groups is 1. The SMILES string of the molecule is Cc1cc(C)n(-c2ccccc2NC(=O)c2ccc([N+](=O)[O-])cc2)n1. The summed E-state index contributed by atoms with van der Waals surface area (Å²) in [5.41, 5.74) is 3.48. The van der Waals surface area contributed by atoms with Gasteiger partial charge in [0.1, 0.15) is 0 Å². The second kappa shape index (κ2) is 6.56. The van der Waals surface area contributed by atoms with Crippen molar-refractivity contribution in [2.24, 2.45) is 0 Å². The fourth-order valence-electron chi connectivity index (χ4n) is 2.57. The Labute approximate surface area is 144 Å². The lowest BCUT2D eigenvalue weighted by molar-refractivity contribution is -0.384. The van der Waals surface area contributed by atoms with Gasteiger partial charge in [-0.1, -0.05) is 12.1 Å². The summed E-state index contributed by atoms with van der Waals surface area (Å²) < 4.78 is 1.76. The quantitative estimate of drug-likeness (QED) is 0.581. The molecule has 3 aromatic rings. The molecule has 7 nitrogen and oxygen atoms in total. The standard InChI is InChI=1S/C18H16N4O3/c1-12-11-13(2)21(20-12)17-6-4-3-5-16(17)19-18(23)14-7-9-15(10-8-14)22(24)25/h3-11H,1-2H3,(H,19,23). The summed E-state index contributed by atoms with van der Waals surface area (Å²) in [5, 5.41) is 18.0. The van der Waals surface area contributed by atoms with Crippen molar-refractivity contribution in [2.75, 3.05) is 5.32 Å². The van der Waals surface area contributed by atoms with E-state index in [1.54, 1.807) is 10.7 Å². The first-order chi connectivity index (χ1) is 12.0. The minimum Gasteiger partial charge on any atom is -0.320 e. The molecule has 1 aromatic heterocycles. The van der Waals surface area contributed by atoms with E-state index in [1.807, 2.05) is 38.1 Å². The van der Waals surface area contributed by atoms with Gasteiger partial charge in [-0.05, 0) is 44.2 Å². The minimum atomic E-state index is -0.500. The van der Waals surface area contributed by atoms with Crippen LogP contribution in [0.2, 0.25) is 0 Å². The molecule has 0 aliphatic heterocycles. The van der Waals surface area contributed by atoms with Gasteiger partial charge in [0.15, 0.2) is 0 Å². The van der Waals surface area contributed by atoms with Gasteiger partial charge >= 0.3 is 0 Å². The molecule has 0 aliphatic carbocycles. The first kappa shape index (κ1) is 16.4. The number of carbonyl (C=O) groups is 1. The van der Waals surface area contributed by atoms with Crippen molar-refractivity contribution in [2.45, 2.75) is 13.8 Å². The zero-order valence-corrected chi connectivity index (χ0v) is 13.8. The second-order valence-electron chi connectivity index (χ2n) is 5.61. The van der Waals surface area contributed by atoms with E-state index in [9.17, 15) is 14.9 Å². The zero-order chi connectivity index (χ0) is 18.0. The average Bonchev–Trinajstić information content (AvgIpc) is 2.93. The van der Waals surface area contributed by atoms with Gasteiger partial charge in [-0.3, -0.25) is 14.9 Å². The highest BCUT2D eigenvalue weighted by Crippen LogP contribution is 2.22. The molecule has 1 heterocycles. The zero-order valence-electron chi connectivity index (χ0n) is 13.8. The van der Waals surface area contributed by atoms with Gasteiger partial charge in [0.25, 0.3) is 11.6 Å². The van der Waals surface area contributed by atoms with E-state index in [1.165, 1.54) is 24.3 Å². The van der Waals surface area contributed by atoms with E-state index < -0.39 is 4.92 Å². The number of carbonyl (C=O) groups excluding carboxylic acids is 1. The largest absolute Gasteiger partial charge is 0.320 e. The first-order valence-corrected chi connectivity index (χ1v) is 7.64. The van der Waals surface area contributed by atoms with Crippen LogP contribution in [0.15, 0.2) is 54.6 Å². The van der Waals surface area contributed by atoms with Crippen molar-refractivity contribution in [3.05, 3.63) is 81.7 Å². The number of para-hydroxylation sites is 2. The second-order valence-corrected chi connectivity index (χ2v) is 5.61. The predicted octanol–water partition coefficient (Wildman–Crippen LogP) is 3.65. The number of nitro benzene ring substituents is 1. The summed E-state index contributed by atoms with van der Waals surface area (Å²) in [5.74, 6) is -0.344. The minimum absolute atomic E-state index is 0.0559. The summed E-state index contributed by atoms with van der Waals surface area (Å²) >= 11 is 0. The maximum atomic E-state index is 12.5. The van der Waals surface area contributed by atoms with Crippen LogP contribution in [0.3, 0.4) is 0 Å². The number of hydrogen-bond donors (Lipinski definition) is 1. The van der Waals surface area contributed by atoms with Gasteiger partial charge < -0.3 is 5.32 Å². The molecule has 1 amide bonds. The van der Waals surface area contributed by atoms with E-state index >= 15 is 0 Å². The van der Waals surface area contributed by atoms with Crippen LogP contribution in [0.1, 0.15) is 21.7 Å². The molecular weight excluding hydrogens is 320 g/mol. The van der Waals surface area contributed by atoms with Crippen molar-refractivity contribution >= 4 is 17.3 Å². The van der Waals surface area contributed by atoms with Crippen LogP contribution in [0, 0.1) is 24.0 Å². The van der Waals surface area contributed by atoms with E-state index in [0.717, 1.165) is 17.1 Å². The van der Waals surface area contributed by atoms with Crippen molar-refractivity contribution in [3.8, 4) is 5.69 Å². The number of nitrogens with one attached hydrogen (secondary N) is 1. The molecular formula is C18H16N4O3. The van der Waals surface area contributed by atoms with Gasteiger partial charge in [0.2, 0.25) is 0 Å². The normalized spacial score (nSPS) is 10.5. The fraction of sp³-hybridized carbons (Fsp3) is 0.111. The highest BCUT2D eigenvalue weighted by molar-refractivity contribution is 6.05. The van der Waals surface area contributed by atoms with Crippen LogP contribution in [-0.2, 0) is 0 Å². The monoisotopic (exact) mass is 336 g/mol. The Balaban J connectivity index is 1.89. The molecule has 0 radical (unpaired) electrons. The molecule has 0 fully saturated rings. The number of aromatic nitrogens is 2. The maximum absolute atomic E-state index is 12.5. The van der Waals surface area contributed by atoms with Crippen molar-refractivity contribution in [3.63, 3.8) is 0 Å². The lowest BCUT2D eigenvalue weighted by atomic mass is 10.2. The highest BCUT2D eigenvalue weighted by atomic mass is 16.6. The molecule has 25 heavy (non-hydrogen) atoms. The number of benzene rings is 2. The summed E-state index contributed by atoms with van der Waals surface area (Å²) in [4.78, 5) is 22.7. The molecule has 0 atom stereocenters. The smallest absolute Gasteiger partial charge is 0.269 e. The van der Waals surface area contributed by atoms with E-state index in [0.29, 0.717) is 11.3 Å². The molecule has 0 spiro atoms. The number of amides is 1. The lowest BCUT2D eigenvalue weighted by Crippen LogP contribution is -2.14. The Morgan fingerprint density at radius 2 is 1.80 bits per heavy atom. The summed E-state index contributed by atoms with van der Waals surface area (Å²) in [6.45, 7) is 3.84. The molecule has 0 saturated carbocycles. The van der Waals surface area contributed by atoms with Gasteiger partial charge in [0.05, 0.1) is 22.0 Å². The van der Waals surface area contributed by atoms with Gasteiger partial charge in [-0.2, -0.15) is 5.10 Å².